The van der Waals surface area contributed by atoms with Crippen LogP contribution in [0, 0.1) is 0 Å². The molecule has 0 aromatic carbocycles. The van der Waals surface area contributed by atoms with E-state index in [0.717, 1.165) is 5.70 Å². The van der Waals surface area contributed by atoms with Crippen molar-refractivity contribution in [3.05, 3.63) is 36.7 Å². The predicted octanol–water partition coefficient (Wildman–Crippen LogP) is 5.62. The zero-order valence-corrected chi connectivity index (χ0v) is 13.0. The van der Waals surface area contributed by atoms with Gasteiger partial charge in [-0.05, 0) is 26.1 Å². The molecule has 0 amide bonds. The van der Waals surface area contributed by atoms with Gasteiger partial charge in [0.15, 0.2) is 0 Å². The van der Waals surface area contributed by atoms with Crippen molar-refractivity contribution in [2.45, 2.75) is 55.4 Å². The second kappa shape index (κ2) is 29.2. The molecule has 0 spiro atoms. The zero-order chi connectivity index (χ0) is 14.0. The molecule has 1 heteroatoms. The van der Waals surface area contributed by atoms with Gasteiger partial charge < -0.3 is 4.90 Å². The molecule has 0 saturated heterocycles. The number of rotatable bonds is 3. The molecule has 0 aliphatic rings. The highest BCUT2D eigenvalue weighted by Crippen LogP contribution is 2.01. The standard InChI is InChI=1S/C9H15N.3C2H6/c1-5-8-10(4)9(6-2)7-3;3*1-2/h5-8H,2H2,1,3-4H3;3*1-2H3/b8-5-,9-7-;;;. The minimum Gasteiger partial charge on any atom is -0.352 e. The van der Waals surface area contributed by atoms with E-state index in [1.807, 2.05) is 91.8 Å². The topological polar surface area (TPSA) is 3.24 Å². The SMILES string of the molecule is C=C/C(=C/C)N(C)/C=C\C.CC.CC.CC. The summed E-state index contributed by atoms with van der Waals surface area (Å²) in [5.41, 5.74) is 1.12. The van der Waals surface area contributed by atoms with Crippen LogP contribution in [0.15, 0.2) is 36.7 Å². The third-order valence-electron chi connectivity index (χ3n) is 1.28. The van der Waals surface area contributed by atoms with E-state index < -0.39 is 0 Å². The summed E-state index contributed by atoms with van der Waals surface area (Å²) in [5, 5.41) is 0. The number of allylic oxidation sites excluding steroid dienone is 3. The molecule has 0 unspecified atom stereocenters. The van der Waals surface area contributed by atoms with Crippen LogP contribution in [0.5, 0.6) is 0 Å². The molecule has 0 aliphatic heterocycles. The van der Waals surface area contributed by atoms with Crippen LogP contribution in [0.25, 0.3) is 0 Å². The van der Waals surface area contributed by atoms with Gasteiger partial charge in [0, 0.05) is 12.7 Å². The Bertz CT molecular complexity index is 155. The van der Waals surface area contributed by atoms with Crippen molar-refractivity contribution in [1.29, 1.82) is 0 Å². The predicted molar refractivity (Wildman–Crippen MR) is 80.6 cm³/mol. The third kappa shape index (κ3) is 18.7. The Morgan fingerprint density at radius 1 is 0.938 bits per heavy atom. The molecular weight excluding hydrogens is 194 g/mol. The molecule has 98 valence electrons. The summed E-state index contributed by atoms with van der Waals surface area (Å²) in [4.78, 5) is 2.02. The molecule has 0 aliphatic carbocycles. The van der Waals surface area contributed by atoms with Crippen LogP contribution >= 0.6 is 0 Å². The van der Waals surface area contributed by atoms with E-state index in [4.69, 9.17) is 0 Å². The zero-order valence-electron chi connectivity index (χ0n) is 13.0. The normalized spacial score (nSPS) is 8.69. The summed E-state index contributed by atoms with van der Waals surface area (Å²) in [6.45, 7) is 19.7. The van der Waals surface area contributed by atoms with Gasteiger partial charge in [-0.1, -0.05) is 60.3 Å². The van der Waals surface area contributed by atoms with Gasteiger partial charge in [0.1, 0.15) is 0 Å². The first kappa shape index (κ1) is 24.3. The molecule has 0 bridgehead atoms. The average molecular weight is 227 g/mol. The van der Waals surface area contributed by atoms with Crippen molar-refractivity contribution in [2.24, 2.45) is 0 Å². The molecule has 0 radical (unpaired) electrons. The van der Waals surface area contributed by atoms with Gasteiger partial charge in [-0.3, -0.25) is 0 Å². The number of hydrogen-bond acceptors (Lipinski definition) is 1. The van der Waals surface area contributed by atoms with Crippen LogP contribution in [0.2, 0.25) is 0 Å². The minimum absolute atomic E-state index is 1.12. The fourth-order valence-electron chi connectivity index (χ4n) is 0.775. The van der Waals surface area contributed by atoms with Gasteiger partial charge in [0.2, 0.25) is 0 Å². The summed E-state index contributed by atoms with van der Waals surface area (Å²) in [6, 6.07) is 0. The first-order valence-corrected chi connectivity index (χ1v) is 6.40. The maximum Gasteiger partial charge on any atom is 0.0354 e. The summed E-state index contributed by atoms with van der Waals surface area (Å²) in [6.07, 6.45) is 7.84. The molecule has 0 aromatic heterocycles. The monoisotopic (exact) mass is 227 g/mol. The molecular formula is C15H33N. The summed E-state index contributed by atoms with van der Waals surface area (Å²) in [5.74, 6) is 0. The fourth-order valence-corrected chi connectivity index (χ4v) is 0.775. The number of nitrogens with zero attached hydrogens (tertiary/aromatic N) is 1. The van der Waals surface area contributed by atoms with Crippen LogP contribution in [0.1, 0.15) is 55.4 Å². The molecule has 1 nitrogen and oxygen atoms in total. The maximum absolute atomic E-state index is 3.69. The molecule has 0 aromatic rings. The summed E-state index contributed by atoms with van der Waals surface area (Å²) >= 11 is 0. The Morgan fingerprint density at radius 2 is 1.31 bits per heavy atom. The van der Waals surface area contributed by atoms with Gasteiger partial charge >= 0.3 is 0 Å². The smallest absolute Gasteiger partial charge is 0.0354 e. The van der Waals surface area contributed by atoms with E-state index in [-0.39, 0.29) is 0 Å². The Morgan fingerprint density at radius 3 is 1.50 bits per heavy atom. The molecule has 0 saturated carbocycles. The van der Waals surface area contributed by atoms with Crippen molar-refractivity contribution >= 4 is 0 Å². The van der Waals surface area contributed by atoms with Gasteiger partial charge in [0.25, 0.3) is 0 Å². The molecule has 0 fully saturated rings. The molecule has 0 rings (SSSR count). The van der Waals surface area contributed by atoms with E-state index in [1.54, 1.807) is 0 Å². The van der Waals surface area contributed by atoms with E-state index in [1.165, 1.54) is 0 Å². The van der Waals surface area contributed by atoms with E-state index in [2.05, 4.69) is 6.58 Å². The Labute approximate surface area is 105 Å². The van der Waals surface area contributed by atoms with E-state index in [9.17, 15) is 0 Å². The summed E-state index contributed by atoms with van der Waals surface area (Å²) < 4.78 is 0. The Kier molecular flexibility index (Phi) is 44.4. The van der Waals surface area contributed by atoms with E-state index in [0.29, 0.717) is 0 Å². The molecule has 0 atom stereocenters. The first-order valence-electron chi connectivity index (χ1n) is 6.40. The second-order valence-electron chi connectivity index (χ2n) is 2.01. The molecule has 16 heavy (non-hydrogen) atoms. The van der Waals surface area contributed by atoms with Crippen molar-refractivity contribution in [2.75, 3.05) is 7.05 Å². The first-order chi connectivity index (χ1) is 7.76. The molecule has 0 N–H and O–H groups in total. The number of hydrogen-bond donors (Lipinski definition) is 0. The summed E-state index contributed by atoms with van der Waals surface area (Å²) in [7, 11) is 2.00. The number of likely N-dealkylation sites (N-methyl/N-ethyl adjacent to an activating group) is 1. The van der Waals surface area contributed by atoms with Crippen molar-refractivity contribution in [3.8, 4) is 0 Å². The average Bonchev–Trinajstić information content (AvgIpc) is 2.38. The maximum atomic E-state index is 3.69. The van der Waals surface area contributed by atoms with Crippen LogP contribution in [-0.4, -0.2) is 11.9 Å². The Balaban J connectivity index is -0.000000103. The van der Waals surface area contributed by atoms with Crippen LogP contribution in [-0.2, 0) is 0 Å². The van der Waals surface area contributed by atoms with Crippen LogP contribution in [0.3, 0.4) is 0 Å². The minimum atomic E-state index is 1.12. The second-order valence-corrected chi connectivity index (χ2v) is 2.01. The third-order valence-corrected chi connectivity index (χ3v) is 1.28. The van der Waals surface area contributed by atoms with Crippen molar-refractivity contribution in [3.63, 3.8) is 0 Å². The van der Waals surface area contributed by atoms with Crippen molar-refractivity contribution in [1.82, 2.24) is 4.90 Å². The van der Waals surface area contributed by atoms with Gasteiger partial charge in [0.05, 0.1) is 0 Å². The largest absolute Gasteiger partial charge is 0.352 e. The van der Waals surface area contributed by atoms with Crippen LogP contribution in [0.4, 0.5) is 0 Å². The van der Waals surface area contributed by atoms with Crippen LogP contribution < -0.4 is 0 Å². The Hall–Kier alpha value is -0.980. The quantitative estimate of drug-likeness (QED) is 0.566. The molecule has 0 heterocycles. The lowest BCUT2D eigenvalue weighted by Crippen LogP contribution is -2.07. The van der Waals surface area contributed by atoms with Gasteiger partial charge in [-0.15, -0.1) is 0 Å². The fraction of sp³-hybridized carbons (Fsp3) is 0.600. The highest BCUT2D eigenvalue weighted by Gasteiger charge is 1.90. The highest BCUT2D eigenvalue weighted by molar-refractivity contribution is 5.15. The van der Waals surface area contributed by atoms with E-state index >= 15 is 0 Å². The van der Waals surface area contributed by atoms with Gasteiger partial charge in [-0.2, -0.15) is 0 Å². The van der Waals surface area contributed by atoms with Crippen molar-refractivity contribution < 1.29 is 0 Å². The lowest BCUT2D eigenvalue weighted by molar-refractivity contribution is 0.586. The van der Waals surface area contributed by atoms with Gasteiger partial charge in [-0.25, -0.2) is 0 Å². The lowest BCUT2D eigenvalue weighted by atomic mass is 10.4. The highest BCUT2D eigenvalue weighted by atomic mass is 15.1. The lowest BCUT2D eigenvalue weighted by Gasteiger charge is -2.13.